The lowest BCUT2D eigenvalue weighted by molar-refractivity contribution is -0.145. The zero-order valence-electron chi connectivity index (χ0n) is 10.4. The number of carboxylic acid groups (broad SMARTS) is 1. The van der Waals surface area contributed by atoms with Crippen molar-refractivity contribution in [2.45, 2.75) is 42.4 Å². The second-order valence-corrected chi connectivity index (χ2v) is 5.67. The van der Waals surface area contributed by atoms with Crippen molar-refractivity contribution in [1.29, 1.82) is 0 Å². The third-order valence-corrected chi connectivity index (χ3v) is 4.53. The fourth-order valence-electron chi connectivity index (χ4n) is 2.75. The summed E-state index contributed by atoms with van der Waals surface area (Å²) in [6, 6.07) is 4.79. The highest BCUT2D eigenvalue weighted by Crippen LogP contribution is 2.41. The minimum atomic E-state index is -1.02. The van der Waals surface area contributed by atoms with Crippen LogP contribution < -0.4 is 0 Å². The Morgan fingerprint density at radius 3 is 2.56 bits per heavy atom. The van der Waals surface area contributed by atoms with Crippen LogP contribution in [0.15, 0.2) is 23.1 Å². The quantitative estimate of drug-likeness (QED) is 0.846. The highest BCUT2D eigenvalue weighted by atomic mass is 32.2. The molecule has 0 spiro atoms. The molecule has 0 saturated heterocycles. The van der Waals surface area contributed by atoms with Crippen molar-refractivity contribution >= 4 is 17.7 Å². The van der Waals surface area contributed by atoms with Gasteiger partial charge in [0.1, 0.15) is 5.82 Å². The van der Waals surface area contributed by atoms with Gasteiger partial charge in [0.05, 0.1) is 5.41 Å². The first-order valence-corrected chi connectivity index (χ1v) is 7.40. The van der Waals surface area contributed by atoms with Gasteiger partial charge in [-0.1, -0.05) is 19.3 Å². The van der Waals surface area contributed by atoms with Crippen LogP contribution in [0.1, 0.15) is 37.7 Å². The van der Waals surface area contributed by atoms with Gasteiger partial charge in [-0.25, -0.2) is 4.39 Å². The van der Waals surface area contributed by atoms with Crippen molar-refractivity contribution in [3.63, 3.8) is 0 Å². The molecule has 0 aromatic heterocycles. The van der Waals surface area contributed by atoms with Gasteiger partial charge in [-0.05, 0) is 37.3 Å². The van der Waals surface area contributed by atoms with E-state index in [-0.39, 0.29) is 0 Å². The number of hydrogen-bond donors (Lipinski definition) is 1. The van der Waals surface area contributed by atoms with Crippen LogP contribution in [0.3, 0.4) is 0 Å². The van der Waals surface area contributed by atoms with Gasteiger partial charge in [0.2, 0.25) is 0 Å². The summed E-state index contributed by atoms with van der Waals surface area (Å²) < 4.78 is 14.0. The second kappa shape index (κ2) is 5.31. The average molecular weight is 268 g/mol. The molecule has 0 radical (unpaired) electrons. The fraction of sp³-hybridized carbons (Fsp3) is 0.500. The van der Waals surface area contributed by atoms with Crippen LogP contribution in [0.25, 0.3) is 0 Å². The van der Waals surface area contributed by atoms with Crippen molar-refractivity contribution in [1.82, 2.24) is 0 Å². The van der Waals surface area contributed by atoms with E-state index < -0.39 is 17.2 Å². The van der Waals surface area contributed by atoms with E-state index in [0.717, 1.165) is 24.2 Å². The summed E-state index contributed by atoms with van der Waals surface area (Å²) in [4.78, 5) is 12.6. The Morgan fingerprint density at radius 2 is 2.00 bits per heavy atom. The summed E-state index contributed by atoms with van der Waals surface area (Å²) in [6.45, 7) is 0. The van der Waals surface area contributed by atoms with Crippen LogP contribution in [-0.2, 0) is 10.2 Å². The third kappa shape index (κ3) is 2.26. The number of carbonyl (C=O) groups is 1. The first-order chi connectivity index (χ1) is 8.60. The van der Waals surface area contributed by atoms with E-state index in [1.165, 1.54) is 17.8 Å². The summed E-state index contributed by atoms with van der Waals surface area (Å²) in [6.07, 6.45) is 5.74. The Bertz CT molecular complexity index is 453. The fourth-order valence-corrected chi connectivity index (χ4v) is 3.19. The van der Waals surface area contributed by atoms with Gasteiger partial charge in [-0.3, -0.25) is 4.79 Å². The molecule has 0 amide bonds. The Labute approximate surface area is 111 Å². The van der Waals surface area contributed by atoms with Crippen LogP contribution in [0, 0.1) is 5.82 Å². The van der Waals surface area contributed by atoms with E-state index in [2.05, 4.69) is 0 Å². The molecule has 98 valence electrons. The topological polar surface area (TPSA) is 37.3 Å². The van der Waals surface area contributed by atoms with Crippen molar-refractivity contribution in [2.75, 3.05) is 6.26 Å². The van der Waals surface area contributed by atoms with Crippen LogP contribution >= 0.6 is 11.8 Å². The lowest BCUT2D eigenvalue weighted by Gasteiger charge is -2.34. The molecular weight excluding hydrogens is 251 g/mol. The van der Waals surface area contributed by atoms with Crippen molar-refractivity contribution in [2.24, 2.45) is 0 Å². The molecule has 4 heteroatoms. The molecule has 1 fully saturated rings. The minimum absolute atomic E-state index is 0.363. The standard InChI is InChI=1S/C14H17FO2S/c1-18-10-5-6-12(15)11(9-10)14(13(16)17)7-3-2-4-8-14/h5-6,9H,2-4,7-8H2,1H3,(H,16,17). The van der Waals surface area contributed by atoms with Crippen molar-refractivity contribution in [3.8, 4) is 0 Å². The normalized spacial score (nSPS) is 18.6. The van der Waals surface area contributed by atoms with Gasteiger partial charge in [0.25, 0.3) is 0 Å². The molecule has 2 rings (SSSR count). The predicted octanol–water partition coefficient (Wildman–Crippen LogP) is 3.83. The number of carboxylic acids is 1. The monoisotopic (exact) mass is 268 g/mol. The third-order valence-electron chi connectivity index (χ3n) is 3.81. The van der Waals surface area contributed by atoms with Gasteiger partial charge in [0, 0.05) is 10.5 Å². The number of aliphatic carboxylic acids is 1. The molecule has 1 saturated carbocycles. The van der Waals surface area contributed by atoms with Gasteiger partial charge < -0.3 is 5.11 Å². The van der Waals surface area contributed by atoms with E-state index >= 15 is 0 Å². The molecule has 1 N–H and O–H groups in total. The molecule has 18 heavy (non-hydrogen) atoms. The zero-order valence-corrected chi connectivity index (χ0v) is 11.2. The van der Waals surface area contributed by atoms with Gasteiger partial charge in [-0.2, -0.15) is 0 Å². The lowest BCUT2D eigenvalue weighted by Crippen LogP contribution is -2.38. The molecule has 1 aliphatic carbocycles. The summed E-state index contributed by atoms with van der Waals surface area (Å²) in [5.74, 6) is -1.28. The molecule has 1 aromatic rings. The van der Waals surface area contributed by atoms with Crippen molar-refractivity contribution < 1.29 is 14.3 Å². The summed E-state index contributed by atoms with van der Waals surface area (Å²) in [5, 5.41) is 9.56. The summed E-state index contributed by atoms with van der Waals surface area (Å²) in [5.41, 5.74) is -0.657. The minimum Gasteiger partial charge on any atom is -0.481 e. The Kier molecular flexibility index (Phi) is 3.95. The lowest BCUT2D eigenvalue weighted by atomic mass is 9.69. The second-order valence-electron chi connectivity index (χ2n) is 4.79. The van der Waals surface area contributed by atoms with E-state index in [4.69, 9.17) is 0 Å². The number of halogens is 1. The van der Waals surface area contributed by atoms with Crippen LogP contribution in [-0.4, -0.2) is 17.3 Å². The highest BCUT2D eigenvalue weighted by molar-refractivity contribution is 7.98. The number of rotatable bonds is 3. The first-order valence-electron chi connectivity index (χ1n) is 6.17. The molecule has 2 nitrogen and oxygen atoms in total. The van der Waals surface area contributed by atoms with Crippen LogP contribution in [0.2, 0.25) is 0 Å². The Hall–Kier alpha value is -1.03. The van der Waals surface area contributed by atoms with E-state index in [1.54, 1.807) is 12.1 Å². The molecule has 0 unspecified atom stereocenters. The summed E-state index contributed by atoms with van der Waals surface area (Å²) in [7, 11) is 0. The maximum atomic E-state index is 14.0. The molecular formula is C14H17FO2S. The number of thioether (sulfide) groups is 1. The van der Waals surface area contributed by atoms with E-state index in [1.807, 2.05) is 6.26 Å². The predicted molar refractivity (Wildman–Crippen MR) is 70.6 cm³/mol. The molecule has 0 aliphatic heterocycles. The van der Waals surface area contributed by atoms with Gasteiger partial charge >= 0.3 is 5.97 Å². The van der Waals surface area contributed by atoms with Crippen LogP contribution in [0.4, 0.5) is 4.39 Å². The van der Waals surface area contributed by atoms with E-state index in [9.17, 15) is 14.3 Å². The maximum absolute atomic E-state index is 14.0. The SMILES string of the molecule is CSc1ccc(F)c(C2(C(=O)O)CCCCC2)c1. The van der Waals surface area contributed by atoms with Crippen LogP contribution in [0.5, 0.6) is 0 Å². The first kappa shape index (κ1) is 13.4. The average Bonchev–Trinajstić information content (AvgIpc) is 2.40. The maximum Gasteiger partial charge on any atom is 0.314 e. The van der Waals surface area contributed by atoms with Gasteiger partial charge in [0.15, 0.2) is 0 Å². The Balaban J connectivity index is 2.51. The van der Waals surface area contributed by atoms with Gasteiger partial charge in [-0.15, -0.1) is 11.8 Å². The van der Waals surface area contributed by atoms with Crippen molar-refractivity contribution in [3.05, 3.63) is 29.6 Å². The summed E-state index contributed by atoms with van der Waals surface area (Å²) >= 11 is 1.51. The zero-order chi connectivity index (χ0) is 13.2. The Morgan fingerprint density at radius 1 is 1.33 bits per heavy atom. The smallest absolute Gasteiger partial charge is 0.314 e. The molecule has 0 bridgehead atoms. The molecule has 0 atom stereocenters. The molecule has 0 heterocycles. The highest BCUT2D eigenvalue weighted by Gasteiger charge is 2.43. The molecule has 1 aliphatic rings. The number of benzene rings is 1. The molecule has 1 aromatic carbocycles. The number of hydrogen-bond acceptors (Lipinski definition) is 2. The largest absolute Gasteiger partial charge is 0.481 e. The van der Waals surface area contributed by atoms with E-state index in [0.29, 0.717) is 18.4 Å².